The Bertz CT molecular complexity index is 840. The molecule has 0 aromatic rings. The third-order valence-corrected chi connectivity index (χ3v) is 11.4. The number of carboxylic acid groups (broad SMARTS) is 2. The molecule has 0 spiro atoms. The van der Waals surface area contributed by atoms with E-state index < -0.39 is 57.1 Å². The smallest absolute Gasteiger partial charge is 0.326 e. The van der Waals surface area contributed by atoms with E-state index in [2.05, 4.69) is 15.6 Å². The molecule has 0 bridgehead atoms. The Balaban J connectivity index is 5.00. The van der Waals surface area contributed by atoms with Gasteiger partial charge in [0.1, 0.15) is 12.1 Å². The molecule has 0 unspecified atom stereocenters. The van der Waals surface area contributed by atoms with Gasteiger partial charge in [-0.2, -0.15) is 0 Å². The maximum Gasteiger partial charge on any atom is 0.326 e. The number of nitrogens with one attached hydrogen (secondary N) is 3. The molecule has 218 valence electrons. The van der Waals surface area contributed by atoms with Crippen molar-refractivity contribution < 1.29 is 39.0 Å². The van der Waals surface area contributed by atoms with Gasteiger partial charge in [-0.3, -0.25) is 24.2 Å². The lowest BCUT2D eigenvalue weighted by Crippen LogP contribution is -2.51. The molecule has 14 nitrogen and oxygen atoms in total. The Kier molecular flexibility index (Phi) is 15.9. The molecule has 0 heterocycles. The standard InChI is InChI=1S/C23H44N6O8Si/c1-14(2)38(37,15(3)4)11-6-5-9-18(30)28-16(8-7-10-26-23(24)25)21(34)27-13-19(31)29-17(22(35)36)12-20(32)33/h14-17,37H,5-13H2,1-4H3,(H,27,34)(H,28,30)(H,29,31)(H,32,33)(H,35,36)(H4,24,25,26)/t16-,17-/m0/s1. The van der Waals surface area contributed by atoms with Crippen molar-refractivity contribution in [2.24, 2.45) is 16.5 Å². The first-order valence-corrected chi connectivity index (χ1v) is 15.0. The summed E-state index contributed by atoms with van der Waals surface area (Å²) < 4.78 is 0. The van der Waals surface area contributed by atoms with Crippen LogP contribution in [-0.2, 0) is 24.0 Å². The Morgan fingerprint density at radius 3 is 1.95 bits per heavy atom. The van der Waals surface area contributed by atoms with Crippen LogP contribution in [-0.4, -0.2) is 84.1 Å². The summed E-state index contributed by atoms with van der Waals surface area (Å²) in [5.41, 5.74) is 11.0. The summed E-state index contributed by atoms with van der Waals surface area (Å²) in [5.74, 6) is -5.00. The van der Waals surface area contributed by atoms with Gasteiger partial charge in [-0.15, -0.1) is 0 Å². The van der Waals surface area contributed by atoms with Crippen LogP contribution >= 0.6 is 0 Å². The average Bonchev–Trinajstić information content (AvgIpc) is 2.80. The van der Waals surface area contributed by atoms with E-state index in [-0.39, 0.29) is 42.3 Å². The molecule has 0 aliphatic rings. The van der Waals surface area contributed by atoms with Crippen LogP contribution in [0.2, 0.25) is 17.1 Å². The van der Waals surface area contributed by atoms with Gasteiger partial charge in [0.15, 0.2) is 14.3 Å². The Hall–Kier alpha value is -3.20. The molecule has 3 amide bonds. The van der Waals surface area contributed by atoms with Gasteiger partial charge in [0.2, 0.25) is 17.7 Å². The van der Waals surface area contributed by atoms with E-state index >= 15 is 0 Å². The van der Waals surface area contributed by atoms with Crippen molar-refractivity contribution in [2.45, 2.75) is 95.4 Å². The molecule has 0 saturated carbocycles. The number of aliphatic imine (C=N–C) groups is 1. The van der Waals surface area contributed by atoms with Crippen LogP contribution in [0, 0.1) is 0 Å². The fourth-order valence-corrected chi connectivity index (χ4v) is 7.19. The molecular formula is C23H44N6O8Si. The van der Waals surface area contributed by atoms with Crippen molar-refractivity contribution >= 4 is 43.9 Å². The molecule has 15 heteroatoms. The highest BCUT2D eigenvalue weighted by Gasteiger charge is 2.37. The molecule has 0 aromatic carbocycles. The maximum absolute atomic E-state index is 12.7. The van der Waals surface area contributed by atoms with Crippen LogP contribution in [0.25, 0.3) is 0 Å². The predicted molar refractivity (Wildman–Crippen MR) is 143 cm³/mol. The Labute approximate surface area is 224 Å². The lowest BCUT2D eigenvalue weighted by Gasteiger charge is -2.33. The van der Waals surface area contributed by atoms with E-state index in [4.69, 9.17) is 21.7 Å². The number of hydrogen-bond donors (Lipinski definition) is 8. The number of nitrogens with zero attached hydrogens (tertiary/aromatic N) is 1. The first-order chi connectivity index (χ1) is 17.6. The van der Waals surface area contributed by atoms with Gasteiger partial charge >= 0.3 is 11.9 Å². The van der Waals surface area contributed by atoms with Gasteiger partial charge < -0.3 is 42.4 Å². The second-order valence-corrected chi connectivity index (χ2v) is 14.6. The first kappa shape index (κ1) is 34.8. The SMILES string of the molecule is CC(C)[Si](O)(CCCCC(=O)N[C@@H](CCCN=C(N)N)C(=O)NCC(=O)N[C@@H](CC(=O)O)C(=O)O)C(C)C. The van der Waals surface area contributed by atoms with Crippen LogP contribution < -0.4 is 27.4 Å². The lowest BCUT2D eigenvalue weighted by atomic mass is 10.1. The zero-order valence-electron chi connectivity index (χ0n) is 22.7. The molecule has 0 aromatic heterocycles. The fraction of sp³-hybridized carbons (Fsp3) is 0.739. The highest BCUT2D eigenvalue weighted by atomic mass is 28.4. The van der Waals surface area contributed by atoms with Crippen LogP contribution in [0.1, 0.15) is 66.2 Å². The predicted octanol–water partition coefficient (Wildman–Crippen LogP) is -0.387. The summed E-state index contributed by atoms with van der Waals surface area (Å²) in [6, 6.07) is -1.98. The second kappa shape index (κ2) is 17.3. The number of guanidine groups is 1. The molecule has 10 N–H and O–H groups in total. The monoisotopic (exact) mass is 560 g/mol. The number of aliphatic carboxylic acids is 2. The number of hydrogen-bond acceptors (Lipinski definition) is 7. The maximum atomic E-state index is 12.7. The minimum Gasteiger partial charge on any atom is -0.481 e. The van der Waals surface area contributed by atoms with Crippen molar-refractivity contribution in [1.29, 1.82) is 0 Å². The molecule has 2 atom stereocenters. The molecule has 0 aliphatic heterocycles. The van der Waals surface area contributed by atoms with E-state index in [1.54, 1.807) is 0 Å². The van der Waals surface area contributed by atoms with Gasteiger partial charge in [0.05, 0.1) is 13.0 Å². The third kappa shape index (κ3) is 13.9. The van der Waals surface area contributed by atoms with E-state index in [1.807, 2.05) is 33.0 Å². The number of carbonyl (C=O) groups is 5. The van der Waals surface area contributed by atoms with Gasteiger partial charge in [0.25, 0.3) is 0 Å². The normalized spacial score (nSPS) is 12.9. The van der Waals surface area contributed by atoms with Crippen molar-refractivity contribution in [3.05, 3.63) is 0 Å². The highest BCUT2D eigenvalue weighted by Crippen LogP contribution is 2.34. The summed E-state index contributed by atoms with van der Waals surface area (Å²) >= 11 is 0. The number of nitrogens with two attached hydrogens (primary N) is 2. The van der Waals surface area contributed by atoms with E-state index in [0.717, 1.165) is 0 Å². The van der Waals surface area contributed by atoms with Gasteiger partial charge in [-0.05, 0) is 36.4 Å². The first-order valence-electron chi connectivity index (χ1n) is 12.7. The number of rotatable bonds is 19. The summed E-state index contributed by atoms with van der Waals surface area (Å²) in [5, 5.41) is 24.8. The molecule has 0 rings (SSSR count). The minimum atomic E-state index is -2.44. The van der Waals surface area contributed by atoms with Crippen LogP contribution in [0.5, 0.6) is 0 Å². The van der Waals surface area contributed by atoms with Crippen molar-refractivity contribution in [2.75, 3.05) is 13.1 Å². The largest absolute Gasteiger partial charge is 0.481 e. The molecule has 38 heavy (non-hydrogen) atoms. The summed E-state index contributed by atoms with van der Waals surface area (Å²) in [7, 11) is -2.44. The fourth-order valence-electron chi connectivity index (χ4n) is 3.89. The zero-order chi connectivity index (χ0) is 29.5. The number of unbranched alkanes of at least 4 members (excludes halogenated alkanes) is 1. The Morgan fingerprint density at radius 2 is 1.45 bits per heavy atom. The quantitative estimate of drug-likeness (QED) is 0.0440. The van der Waals surface area contributed by atoms with Gasteiger partial charge in [-0.25, -0.2) is 4.79 Å². The van der Waals surface area contributed by atoms with E-state index in [9.17, 15) is 28.8 Å². The van der Waals surface area contributed by atoms with Gasteiger partial charge in [-0.1, -0.05) is 34.1 Å². The number of carboxylic acids is 2. The molecule has 0 aliphatic carbocycles. The van der Waals surface area contributed by atoms with Crippen LogP contribution in [0.4, 0.5) is 0 Å². The lowest BCUT2D eigenvalue weighted by molar-refractivity contribution is -0.147. The zero-order valence-corrected chi connectivity index (χ0v) is 23.7. The third-order valence-electron chi connectivity index (χ3n) is 6.26. The Morgan fingerprint density at radius 1 is 0.868 bits per heavy atom. The van der Waals surface area contributed by atoms with Crippen LogP contribution in [0.3, 0.4) is 0 Å². The number of amides is 3. The van der Waals surface area contributed by atoms with E-state index in [0.29, 0.717) is 25.3 Å². The average molecular weight is 561 g/mol. The van der Waals surface area contributed by atoms with Crippen molar-refractivity contribution in [3.8, 4) is 0 Å². The van der Waals surface area contributed by atoms with Crippen molar-refractivity contribution in [1.82, 2.24) is 16.0 Å². The van der Waals surface area contributed by atoms with Crippen molar-refractivity contribution in [3.63, 3.8) is 0 Å². The minimum absolute atomic E-state index is 0.118. The highest BCUT2D eigenvalue weighted by molar-refractivity contribution is 6.75. The van der Waals surface area contributed by atoms with Crippen LogP contribution in [0.15, 0.2) is 4.99 Å². The molecule has 0 saturated heterocycles. The number of carbonyl (C=O) groups excluding carboxylic acids is 3. The van der Waals surface area contributed by atoms with E-state index in [1.165, 1.54) is 0 Å². The second-order valence-electron chi connectivity index (χ2n) is 9.85. The molecule has 0 fully saturated rings. The summed E-state index contributed by atoms with van der Waals surface area (Å²) in [6.07, 6.45) is 1.05. The summed E-state index contributed by atoms with van der Waals surface area (Å²) in [6.45, 7) is 7.65. The topological polar surface area (TPSA) is 247 Å². The molecular weight excluding hydrogens is 516 g/mol. The molecule has 0 radical (unpaired) electrons. The summed E-state index contributed by atoms with van der Waals surface area (Å²) in [4.78, 5) is 74.0. The van der Waals surface area contributed by atoms with Gasteiger partial charge in [0, 0.05) is 13.0 Å².